The predicted molar refractivity (Wildman–Crippen MR) is 80.7 cm³/mol. The molecule has 0 saturated heterocycles. The van der Waals surface area contributed by atoms with Crippen LogP contribution >= 0.6 is 11.8 Å². The highest BCUT2D eigenvalue weighted by molar-refractivity contribution is 8.00. The molecule has 0 spiro atoms. The van der Waals surface area contributed by atoms with Crippen molar-refractivity contribution >= 4 is 29.3 Å². The van der Waals surface area contributed by atoms with E-state index in [1.165, 1.54) is 23.9 Å². The highest BCUT2D eigenvalue weighted by atomic mass is 32.2. The van der Waals surface area contributed by atoms with Crippen molar-refractivity contribution in [3.63, 3.8) is 0 Å². The van der Waals surface area contributed by atoms with E-state index in [-0.39, 0.29) is 18.1 Å². The summed E-state index contributed by atoms with van der Waals surface area (Å²) in [5.74, 6) is -1.11. The summed E-state index contributed by atoms with van der Waals surface area (Å²) in [6.07, 6.45) is 1.18. The lowest BCUT2D eigenvalue weighted by molar-refractivity contribution is -0.384. The van der Waals surface area contributed by atoms with Crippen LogP contribution in [0.5, 0.6) is 0 Å². The van der Waals surface area contributed by atoms with Crippen molar-refractivity contribution in [3.05, 3.63) is 34.4 Å². The Bertz CT molecular complexity index is 598. The van der Waals surface area contributed by atoms with Gasteiger partial charge in [0.15, 0.2) is 0 Å². The molecular weight excluding hydrogens is 308 g/mol. The van der Waals surface area contributed by atoms with E-state index in [4.69, 9.17) is 5.11 Å². The number of thioether (sulfide) groups is 1. The molecule has 1 unspecified atom stereocenters. The van der Waals surface area contributed by atoms with Crippen LogP contribution in [0.15, 0.2) is 29.2 Å². The van der Waals surface area contributed by atoms with E-state index in [0.29, 0.717) is 12.8 Å². The Morgan fingerprint density at radius 1 is 1.41 bits per heavy atom. The number of rotatable bonds is 7. The SMILES string of the molecule is CC(Sc1ccc([N+](=O)[O-])cc1)C(=O)NCC1(C(=O)O)CC1. The Kier molecular flexibility index (Phi) is 4.70. The van der Waals surface area contributed by atoms with Crippen molar-refractivity contribution < 1.29 is 19.6 Å². The minimum atomic E-state index is -0.872. The summed E-state index contributed by atoms with van der Waals surface area (Å²) in [6, 6.07) is 5.95. The summed E-state index contributed by atoms with van der Waals surface area (Å²) >= 11 is 1.27. The standard InChI is InChI=1S/C14H16N2O5S/c1-9(12(17)15-8-14(6-7-14)13(18)19)22-11-4-2-10(3-5-11)16(20)21/h2-5,9H,6-8H2,1H3,(H,15,17)(H,18,19). The molecule has 1 saturated carbocycles. The first-order chi connectivity index (χ1) is 10.3. The van der Waals surface area contributed by atoms with Gasteiger partial charge in [-0.1, -0.05) is 0 Å². The predicted octanol–water partition coefficient (Wildman–Crippen LogP) is 2.06. The van der Waals surface area contributed by atoms with Crippen LogP contribution in [-0.4, -0.2) is 33.7 Å². The Morgan fingerprint density at radius 2 is 2.00 bits per heavy atom. The topological polar surface area (TPSA) is 110 Å². The van der Waals surface area contributed by atoms with E-state index in [9.17, 15) is 19.7 Å². The number of nitro groups is 1. The summed E-state index contributed by atoms with van der Waals surface area (Å²) < 4.78 is 0. The van der Waals surface area contributed by atoms with Crippen LogP contribution in [0.4, 0.5) is 5.69 Å². The van der Waals surface area contributed by atoms with Crippen LogP contribution in [0.25, 0.3) is 0 Å². The zero-order valence-electron chi connectivity index (χ0n) is 11.9. The zero-order valence-corrected chi connectivity index (χ0v) is 12.8. The van der Waals surface area contributed by atoms with Gasteiger partial charge in [0, 0.05) is 23.6 Å². The molecule has 2 N–H and O–H groups in total. The van der Waals surface area contributed by atoms with Crippen LogP contribution in [0.3, 0.4) is 0 Å². The number of carboxylic acids is 1. The number of benzene rings is 1. The van der Waals surface area contributed by atoms with E-state index in [2.05, 4.69) is 5.32 Å². The third kappa shape index (κ3) is 3.76. The molecule has 0 aliphatic heterocycles. The summed E-state index contributed by atoms with van der Waals surface area (Å²) in [5, 5.41) is 21.9. The number of amides is 1. The van der Waals surface area contributed by atoms with Gasteiger partial charge in [-0.25, -0.2) is 0 Å². The maximum atomic E-state index is 12.0. The number of carboxylic acid groups (broad SMARTS) is 1. The molecule has 1 aromatic rings. The number of hydrogen-bond acceptors (Lipinski definition) is 5. The second kappa shape index (κ2) is 6.35. The molecule has 1 fully saturated rings. The van der Waals surface area contributed by atoms with Crippen molar-refractivity contribution in [3.8, 4) is 0 Å². The van der Waals surface area contributed by atoms with Gasteiger partial charge in [0.25, 0.3) is 5.69 Å². The van der Waals surface area contributed by atoms with Crippen molar-refractivity contribution in [2.75, 3.05) is 6.54 Å². The Hall–Kier alpha value is -2.09. The molecule has 1 amide bonds. The molecule has 1 aliphatic carbocycles. The molecule has 2 rings (SSSR count). The summed E-state index contributed by atoms with van der Waals surface area (Å²) in [6.45, 7) is 1.86. The monoisotopic (exact) mass is 324 g/mol. The van der Waals surface area contributed by atoms with E-state index in [1.54, 1.807) is 19.1 Å². The molecule has 22 heavy (non-hydrogen) atoms. The average molecular weight is 324 g/mol. The number of nitrogens with zero attached hydrogens (tertiary/aromatic N) is 1. The van der Waals surface area contributed by atoms with Crippen LogP contribution in [0, 0.1) is 15.5 Å². The maximum Gasteiger partial charge on any atom is 0.311 e. The van der Waals surface area contributed by atoms with Gasteiger partial charge < -0.3 is 10.4 Å². The lowest BCUT2D eigenvalue weighted by Crippen LogP contribution is -2.38. The summed E-state index contributed by atoms with van der Waals surface area (Å²) in [5.41, 5.74) is -0.786. The van der Waals surface area contributed by atoms with Crippen LogP contribution < -0.4 is 5.32 Å². The molecular formula is C14H16N2O5S. The number of carbonyl (C=O) groups excluding carboxylic acids is 1. The molecule has 118 valence electrons. The average Bonchev–Trinajstić information content (AvgIpc) is 3.26. The minimum absolute atomic E-state index is 0.00131. The molecule has 8 heteroatoms. The molecule has 1 aromatic carbocycles. The van der Waals surface area contributed by atoms with E-state index in [0.717, 1.165) is 4.90 Å². The number of aliphatic carboxylic acids is 1. The molecule has 1 atom stereocenters. The van der Waals surface area contributed by atoms with Crippen molar-refractivity contribution in [1.82, 2.24) is 5.32 Å². The largest absolute Gasteiger partial charge is 0.481 e. The summed E-state index contributed by atoms with van der Waals surface area (Å²) in [4.78, 5) is 33.9. The van der Waals surface area contributed by atoms with Gasteiger partial charge in [-0.15, -0.1) is 11.8 Å². The fourth-order valence-corrected chi connectivity index (χ4v) is 2.81. The van der Waals surface area contributed by atoms with Gasteiger partial charge in [0.05, 0.1) is 15.6 Å². The lowest BCUT2D eigenvalue weighted by Gasteiger charge is -2.15. The first kappa shape index (κ1) is 16.3. The first-order valence-electron chi connectivity index (χ1n) is 6.76. The van der Waals surface area contributed by atoms with E-state index >= 15 is 0 Å². The van der Waals surface area contributed by atoms with Crippen LogP contribution in [0.2, 0.25) is 0 Å². The molecule has 1 aliphatic rings. The number of nitro benzene ring substituents is 1. The van der Waals surface area contributed by atoms with E-state index in [1.807, 2.05) is 0 Å². The highest BCUT2D eigenvalue weighted by Gasteiger charge is 2.50. The number of nitrogens with one attached hydrogen (secondary N) is 1. The van der Waals surface area contributed by atoms with Crippen molar-refractivity contribution in [1.29, 1.82) is 0 Å². The smallest absolute Gasteiger partial charge is 0.311 e. The fourth-order valence-electron chi connectivity index (χ4n) is 1.92. The van der Waals surface area contributed by atoms with Gasteiger partial charge in [0.1, 0.15) is 0 Å². The molecule has 0 bridgehead atoms. The van der Waals surface area contributed by atoms with Crippen LogP contribution in [-0.2, 0) is 9.59 Å². The Morgan fingerprint density at radius 3 is 2.45 bits per heavy atom. The quantitative estimate of drug-likeness (QED) is 0.451. The molecule has 0 radical (unpaired) electrons. The van der Waals surface area contributed by atoms with Crippen molar-refractivity contribution in [2.24, 2.45) is 5.41 Å². The Labute approximate surface area is 131 Å². The Balaban J connectivity index is 1.86. The van der Waals surface area contributed by atoms with Crippen LogP contribution in [0.1, 0.15) is 19.8 Å². The third-order valence-electron chi connectivity index (χ3n) is 3.64. The van der Waals surface area contributed by atoms with Gasteiger partial charge in [-0.05, 0) is 31.9 Å². The number of hydrogen-bond donors (Lipinski definition) is 2. The van der Waals surface area contributed by atoms with E-state index < -0.39 is 21.6 Å². The zero-order chi connectivity index (χ0) is 16.3. The number of carbonyl (C=O) groups is 2. The summed E-state index contributed by atoms with van der Waals surface area (Å²) in [7, 11) is 0. The second-order valence-corrected chi connectivity index (χ2v) is 6.73. The molecule has 0 heterocycles. The highest BCUT2D eigenvalue weighted by Crippen LogP contribution is 2.45. The van der Waals surface area contributed by atoms with Gasteiger partial charge >= 0.3 is 5.97 Å². The molecule has 7 nitrogen and oxygen atoms in total. The first-order valence-corrected chi connectivity index (χ1v) is 7.64. The second-order valence-electron chi connectivity index (χ2n) is 5.31. The van der Waals surface area contributed by atoms with Gasteiger partial charge in [0.2, 0.25) is 5.91 Å². The third-order valence-corrected chi connectivity index (χ3v) is 4.75. The number of non-ortho nitro benzene ring substituents is 1. The van der Waals surface area contributed by atoms with Gasteiger partial charge in [-0.3, -0.25) is 19.7 Å². The fraction of sp³-hybridized carbons (Fsp3) is 0.429. The normalized spacial score (nSPS) is 16.6. The van der Waals surface area contributed by atoms with Crippen molar-refractivity contribution in [2.45, 2.75) is 29.9 Å². The minimum Gasteiger partial charge on any atom is -0.481 e. The van der Waals surface area contributed by atoms with Gasteiger partial charge in [-0.2, -0.15) is 0 Å². The molecule has 0 aromatic heterocycles. The maximum absolute atomic E-state index is 12.0. The lowest BCUT2D eigenvalue weighted by atomic mass is 10.1.